The van der Waals surface area contributed by atoms with Crippen LogP contribution in [-0.4, -0.2) is 20.2 Å². The van der Waals surface area contributed by atoms with Crippen LogP contribution < -0.4 is 4.72 Å². The number of nitrogens with zero attached hydrogens (tertiary/aromatic N) is 1. The molecule has 0 aromatic rings. The van der Waals surface area contributed by atoms with Gasteiger partial charge in [0, 0.05) is 6.04 Å². The number of fused-ring (bicyclic) bond motifs is 5. The normalized spacial score (nSPS) is 46.2. The molecule has 4 atom stereocenters. The first-order chi connectivity index (χ1) is 7.12. The highest BCUT2D eigenvalue weighted by atomic mass is 32.2. The Bertz CT molecular complexity index is 409. The van der Waals surface area contributed by atoms with Crippen molar-refractivity contribution < 1.29 is 8.42 Å². The molecular weight excluding hydrogens is 212 g/mol. The van der Waals surface area contributed by atoms with Gasteiger partial charge in [0.05, 0.1) is 6.07 Å². The minimum absolute atomic E-state index is 0.162. The smallest absolute Gasteiger partial charge is 0.211 e. The number of sulfonamides is 1. The Morgan fingerprint density at radius 3 is 2.40 bits per heavy atom. The predicted octanol–water partition coefficient (Wildman–Crippen LogP) is 0.474. The first-order valence-electron chi connectivity index (χ1n) is 5.49. The van der Waals surface area contributed by atoms with Gasteiger partial charge in [0.25, 0.3) is 0 Å². The van der Waals surface area contributed by atoms with Crippen molar-refractivity contribution in [3.05, 3.63) is 0 Å². The molecule has 0 heterocycles. The average Bonchev–Trinajstić information content (AvgIpc) is 2.60. The first-order valence-corrected chi connectivity index (χ1v) is 7.14. The third-order valence-electron chi connectivity index (χ3n) is 4.31. The van der Waals surface area contributed by atoms with Crippen LogP contribution in [0.3, 0.4) is 0 Å². The lowest BCUT2D eigenvalue weighted by atomic mass is 10.0. The minimum atomic E-state index is -3.34. The maximum Gasteiger partial charge on any atom is 0.225 e. The van der Waals surface area contributed by atoms with Crippen molar-refractivity contribution in [3.8, 4) is 6.07 Å². The molecule has 3 saturated carbocycles. The summed E-state index contributed by atoms with van der Waals surface area (Å²) in [5, 5.41) is 8.39. The average molecular weight is 226 g/mol. The van der Waals surface area contributed by atoms with Crippen molar-refractivity contribution in [1.82, 2.24) is 4.72 Å². The van der Waals surface area contributed by atoms with Crippen LogP contribution in [0.5, 0.6) is 0 Å². The van der Waals surface area contributed by atoms with Gasteiger partial charge in [-0.3, -0.25) is 0 Å². The van der Waals surface area contributed by atoms with E-state index in [-0.39, 0.29) is 6.04 Å². The molecule has 0 spiro atoms. The van der Waals surface area contributed by atoms with Crippen LogP contribution >= 0.6 is 0 Å². The van der Waals surface area contributed by atoms with Gasteiger partial charge in [-0.1, -0.05) is 0 Å². The molecule has 4 nitrogen and oxygen atoms in total. The molecule has 0 aromatic carbocycles. The minimum Gasteiger partial charge on any atom is -0.211 e. The Labute approximate surface area is 89.7 Å². The molecule has 3 aliphatic rings. The van der Waals surface area contributed by atoms with Gasteiger partial charge in [-0.05, 0) is 42.9 Å². The van der Waals surface area contributed by atoms with E-state index in [0.717, 1.165) is 11.8 Å². The summed E-state index contributed by atoms with van der Waals surface area (Å²) in [5.41, 5.74) is 0. The van der Waals surface area contributed by atoms with E-state index < -0.39 is 15.8 Å². The molecule has 0 aromatic heterocycles. The highest BCUT2D eigenvalue weighted by Gasteiger charge is 2.65. The van der Waals surface area contributed by atoms with Gasteiger partial charge >= 0.3 is 0 Å². The van der Waals surface area contributed by atoms with E-state index in [9.17, 15) is 8.42 Å². The lowest BCUT2D eigenvalue weighted by molar-refractivity contribution is 0.456. The maximum atomic E-state index is 11.4. The highest BCUT2D eigenvalue weighted by Crippen LogP contribution is 2.65. The maximum absolute atomic E-state index is 11.4. The van der Waals surface area contributed by atoms with E-state index in [1.165, 1.54) is 19.3 Å². The number of hydrogen-bond acceptors (Lipinski definition) is 3. The summed E-state index contributed by atoms with van der Waals surface area (Å²) in [4.78, 5) is 0. The second kappa shape index (κ2) is 2.96. The summed E-state index contributed by atoms with van der Waals surface area (Å²) < 4.78 is 25.5. The topological polar surface area (TPSA) is 70.0 Å². The van der Waals surface area contributed by atoms with Crippen molar-refractivity contribution >= 4 is 10.0 Å². The van der Waals surface area contributed by atoms with E-state index in [4.69, 9.17) is 5.26 Å². The number of nitriles is 1. The molecule has 2 bridgehead atoms. The third-order valence-corrected chi connectivity index (χ3v) is 5.45. The molecule has 4 unspecified atom stereocenters. The van der Waals surface area contributed by atoms with Gasteiger partial charge in [0.15, 0.2) is 5.75 Å². The molecule has 15 heavy (non-hydrogen) atoms. The first kappa shape index (κ1) is 9.61. The molecule has 82 valence electrons. The van der Waals surface area contributed by atoms with Gasteiger partial charge in [0.1, 0.15) is 0 Å². The fourth-order valence-corrected chi connectivity index (χ4v) is 4.80. The Morgan fingerprint density at radius 2 is 1.87 bits per heavy atom. The molecule has 0 aliphatic heterocycles. The van der Waals surface area contributed by atoms with E-state index in [0.29, 0.717) is 11.8 Å². The van der Waals surface area contributed by atoms with Crippen LogP contribution in [0, 0.1) is 35.0 Å². The van der Waals surface area contributed by atoms with E-state index in [1.54, 1.807) is 6.07 Å². The molecule has 3 fully saturated rings. The zero-order chi connectivity index (χ0) is 10.6. The van der Waals surface area contributed by atoms with Crippen molar-refractivity contribution in [2.45, 2.75) is 25.3 Å². The lowest BCUT2D eigenvalue weighted by Gasteiger charge is -2.09. The van der Waals surface area contributed by atoms with Crippen LogP contribution in [0.1, 0.15) is 19.3 Å². The summed E-state index contributed by atoms with van der Waals surface area (Å²) in [6, 6.07) is 1.86. The predicted molar refractivity (Wildman–Crippen MR) is 54.1 cm³/mol. The van der Waals surface area contributed by atoms with Crippen LogP contribution in [-0.2, 0) is 10.0 Å². The van der Waals surface area contributed by atoms with Gasteiger partial charge in [-0.2, -0.15) is 5.26 Å². The molecule has 0 radical (unpaired) electrons. The van der Waals surface area contributed by atoms with Crippen molar-refractivity contribution in [2.75, 3.05) is 5.75 Å². The summed E-state index contributed by atoms with van der Waals surface area (Å²) in [6.07, 6.45) is 3.87. The Morgan fingerprint density at radius 1 is 1.27 bits per heavy atom. The molecule has 3 aliphatic carbocycles. The third kappa shape index (κ3) is 1.39. The molecular formula is C10H14N2O2S. The number of nitrogens with one attached hydrogen (secondary N) is 1. The van der Waals surface area contributed by atoms with Gasteiger partial charge in [0.2, 0.25) is 10.0 Å². The molecule has 5 heteroatoms. The van der Waals surface area contributed by atoms with Crippen molar-refractivity contribution in [2.24, 2.45) is 23.7 Å². The summed E-state index contributed by atoms with van der Waals surface area (Å²) in [7, 11) is -3.34. The second-order valence-electron chi connectivity index (χ2n) is 5.05. The van der Waals surface area contributed by atoms with Crippen LogP contribution in [0.2, 0.25) is 0 Å². The van der Waals surface area contributed by atoms with Crippen molar-refractivity contribution in [1.29, 1.82) is 5.26 Å². The molecule has 0 amide bonds. The van der Waals surface area contributed by atoms with Gasteiger partial charge < -0.3 is 0 Å². The van der Waals surface area contributed by atoms with Crippen LogP contribution in [0.15, 0.2) is 0 Å². The molecule has 0 saturated heterocycles. The molecule has 1 N–H and O–H groups in total. The second-order valence-corrected chi connectivity index (χ2v) is 6.80. The number of rotatable bonds is 3. The number of hydrogen-bond donors (Lipinski definition) is 1. The Kier molecular flexibility index (Phi) is 1.89. The summed E-state index contributed by atoms with van der Waals surface area (Å²) in [6.45, 7) is 0. The standard InChI is InChI=1S/C10H14N2O2S/c11-3-4-15(13,14)12-10-8-6-1-2-7(5-6)9(8)10/h6-10,12H,1-2,4-5H2. The Balaban J connectivity index is 1.67. The van der Waals surface area contributed by atoms with E-state index in [1.807, 2.05) is 0 Å². The van der Waals surface area contributed by atoms with E-state index in [2.05, 4.69) is 4.72 Å². The largest absolute Gasteiger partial charge is 0.225 e. The van der Waals surface area contributed by atoms with E-state index >= 15 is 0 Å². The quantitative estimate of drug-likeness (QED) is 0.760. The zero-order valence-electron chi connectivity index (χ0n) is 8.39. The summed E-state index contributed by atoms with van der Waals surface area (Å²) >= 11 is 0. The zero-order valence-corrected chi connectivity index (χ0v) is 9.20. The van der Waals surface area contributed by atoms with Gasteiger partial charge in [-0.25, -0.2) is 13.1 Å². The van der Waals surface area contributed by atoms with Crippen LogP contribution in [0.25, 0.3) is 0 Å². The van der Waals surface area contributed by atoms with Crippen molar-refractivity contribution in [3.63, 3.8) is 0 Å². The Hall–Kier alpha value is -0.600. The fourth-order valence-electron chi connectivity index (χ4n) is 3.82. The lowest BCUT2D eigenvalue weighted by Crippen LogP contribution is -2.31. The van der Waals surface area contributed by atoms with Gasteiger partial charge in [-0.15, -0.1) is 0 Å². The highest BCUT2D eigenvalue weighted by molar-refractivity contribution is 7.89. The van der Waals surface area contributed by atoms with Crippen LogP contribution in [0.4, 0.5) is 0 Å². The molecule has 3 rings (SSSR count). The summed E-state index contributed by atoms with van der Waals surface area (Å²) in [5.74, 6) is 2.30. The fraction of sp³-hybridized carbons (Fsp3) is 0.900. The SMILES string of the molecule is N#CCS(=O)(=O)NC1C2C3CCC(C3)C12. The monoisotopic (exact) mass is 226 g/mol.